The lowest BCUT2D eigenvalue weighted by Crippen LogP contribution is -2.47. The number of benzene rings is 2. The number of rotatable bonds is 5. The number of aryl methyl sites for hydroxylation is 1. The van der Waals surface area contributed by atoms with Crippen molar-refractivity contribution in [3.8, 4) is 0 Å². The summed E-state index contributed by atoms with van der Waals surface area (Å²) in [6, 6.07) is 16.6. The van der Waals surface area contributed by atoms with E-state index >= 15 is 0 Å². The Hall–Kier alpha value is -2.24. The van der Waals surface area contributed by atoms with Crippen LogP contribution in [0.3, 0.4) is 0 Å². The summed E-state index contributed by atoms with van der Waals surface area (Å²) in [4.78, 5) is 19.7. The second-order valence-corrected chi connectivity index (χ2v) is 8.77. The van der Waals surface area contributed by atoms with Crippen molar-refractivity contribution in [1.82, 2.24) is 15.2 Å². The summed E-state index contributed by atoms with van der Waals surface area (Å²) in [7, 11) is 0. The van der Waals surface area contributed by atoms with Gasteiger partial charge >= 0.3 is 0 Å². The van der Waals surface area contributed by atoms with Gasteiger partial charge in [-0.3, -0.25) is 9.69 Å². The summed E-state index contributed by atoms with van der Waals surface area (Å²) in [5.74, 6) is 0.621. The molecule has 4 rings (SSSR count). The summed E-state index contributed by atoms with van der Waals surface area (Å²) in [6.07, 6.45) is 2.13. The molecule has 1 aliphatic heterocycles. The van der Waals surface area contributed by atoms with E-state index in [-0.39, 0.29) is 11.9 Å². The van der Waals surface area contributed by atoms with Crippen LogP contribution in [0, 0.1) is 6.92 Å². The van der Waals surface area contributed by atoms with E-state index in [0.717, 1.165) is 37.0 Å². The molecule has 0 spiro atoms. The number of hydrogen-bond acceptors (Lipinski definition) is 4. The number of likely N-dealkylation sites (tertiary alicyclic amines) is 1. The largest absolute Gasteiger partial charge is 0.351 e. The average molecular weight is 394 g/mol. The molecule has 1 N–H and O–H groups in total. The summed E-state index contributed by atoms with van der Waals surface area (Å²) in [5.41, 5.74) is 3.48. The maximum atomic E-state index is 12.6. The third-order valence-electron chi connectivity index (χ3n) is 5.70. The minimum absolute atomic E-state index is 0.0956. The van der Waals surface area contributed by atoms with Crippen LogP contribution in [0.1, 0.15) is 41.8 Å². The van der Waals surface area contributed by atoms with Crippen LogP contribution in [0.4, 0.5) is 0 Å². The maximum Gasteiger partial charge on any atom is 0.237 e. The lowest BCUT2D eigenvalue weighted by Gasteiger charge is -2.34. The van der Waals surface area contributed by atoms with Gasteiger partial charge in [0.1, 0.15) is 0 Å². The Morgan fingerprint density at radius 3 is 2.61 bits per heavy atom. The number of carbonyl (C=O) groups is 1. The average Bonchev–Trinajstić information content (AvgIpc) is 3.17. The highest BCUT2D eigenvalue weighted by Crippen LogP contribution is 2.34. The van der Waals surface area contributed by atoms with E-state index < -0.39 is 0 Å². The Kier molecular flexibility index (Phi) is 5.74. The number of carbonyl (C=O) groups excluding carboxylic acids is 1. The number of thiazole rings is 1. The van der Waals surface area contributed by atoms with Crippen molar-refractivity contribution in [3.05, 3.63) is 64.7 Å². The highest BCUT2D eigenvalue weighted by atomic mass is 32.1. The number of para-hydroxylation sites is 1. The monoisotopic (exact) mass is 393 g/mol. The maximum absolute atomic E-state index is 12.6. The number of hydrogen-bond donors (Lipinski definition) is 1. The van der Waals surface area contributed by atoms with Gasteiger partial charge in [-0.25, -0.2) is 4.98 Å². The number of fused-ring (bicyclic) bond motifs is 1. The van der Waals surface area contributed by atoms with Gasteiger partial charge in [-0.2, -0.15) is 0 Å². The third kappa shape index (κ3) is 4.26. The van der Waals surface area contributed by atoms with E-state index in [9.17, 15) is 4.79 Å². The summed E-state index contributed by atoms with van der Waals surface area (Å²) >= 11 is 1.82. The van der Waals surface area contributed by atoms with Crippen molar-refractivity contribution in [2.24, 2.45) is 0 Å². The Morgan fingerprint density at radius 1 is 1.18 bits per heavy atom. The van der Waals surface area contributed by atoms with E-state index in [1.165, 1.54) is 15.3 Å². The quantitative estimate of drug-likeness (QED) is 0.695. The molecule has 2 aromatic carbocycles. The molecular formula is C23H27N3OS. The molecule has 0 unspecified atom stereocenters. The van der Waals surface area contributed by atoms with Gasteiger partial charge in [-0.1, -0.05) is 42.0 Å². The van der Waals surface area contributed by atoms with Crippen LogP contribution < -0.4 is 5.32 Å². The Labute approximate surface area is 170 Å². The van der Waals surface area contributed by atoms with Crippen molar-refractivity contribution >= 4 is 27.5 Å². The summed E-state index contributed by atoms with van der Waals surface area (Å²) in [5, 5.41) is 4.33. The van der Waals surface area contributed by atoms with Crippen molar-refractivity contribution in [1.29, 1.82) is 0 Å². The van der Waals surface area contributed by atoms with Crippen LogP contribution in [-0.4, -0.2) is 34.9 Å². The van der Waals surface area contributed by atoms with Crippen LogP contribution in [-0.2, 0) is 11.3 Å². The van der Waals surface area contributed by atoms with E-state index in [1.807, 2.05) is 24.3 Å². The van der Waals surface area contributed by atoms with Gasteiger partial charge in [-0.15, -0.1) is 11.3 Å². The van der Waals surface area contributed by atoms with Crippen LogP contribution in [0.25, 0.3) is 10.2 Å². The second-order valence-electron chi connectivity index (χ2n) is 7.71. The first-order valence-corrected chi connectivity index (χ1v) is 10.8. The number of piperidine rings is 1. The molecule has 1 aromatic heterocycles. The summed E-state index contributed by atoms with van der Waals surface area (Å²) in [6.45, 7) is 6.57. The van der Waals surface area contributed by atoms with Gasteiger partial charge in [0.05, 0.1) is 21.3 Å². The fourth-order valence-electron chi connectivity index (χ4n) is 3.81. The van der Waals surface area contributed by atoms with Gasteiger partial charge in [0.2, 0.25) is 5.91 Å². The SMILES string of the molecule is Cc1ccc(CNC(=O)[C@@H](C)N2CCC(c3nc4ccccc4s3)CC2)cc1. The lowest BCUT2D eigenvalue weighted by atomic mass is 9.96. The molecule has 1 amide bonds. The number of aromatic nitrogens is 1. The fraction of sp³-hybridized carbons (Fsp3) is 0.391. The van der Waals surface area contributed by atoms with Crippen molar-refractivity contribution < 1.29 is 4.79 Å². The van der Waals surface area contributed by atoms with Crippen LogP contribution >= 0.6 is 11.3 Å². The first-order valence-electron chi connectivity index (χ1n) is 10.0. The minimum Gasteiger partial charge on any atom is -0.351 e. The molecule has 146 valence electrons. The van der Waals surface area contributed by atoms with Crippen molar-refractivity contribution in [2.75, 3.05) is 13.1 Å². The van der Waals surface area contributed by atoms with Gasteiger partial charge in [-0.05, 0) is 57.5 Å². The van der Waals surface area contributed by atoms with Crippen LogP contribution in [0.15, 0.2) is 48.5 Å². The smallest absolute Gasteiger partial charge is 0.237 e. The van der Waals surface area contributed by atoms with E-state index in [0.29, 0.717) is 12.5 Å². The first-order chi connectivity index (χ1) is 13.6. The fourth-order valence-corrected chi connectivity index (χ4v) is 4.94. The number of nitrogens with one attached hydrogen (secondary N) is 1. The van der Waals surface area contributed by atoms with Gasteiger partial charge in [0, 0.05) is 12.5 Å². The zero-order valence-corrected chi connectivity index (χ0v) is 17.3. The van der Waals surface area contributed by atoms with Crippen molar-refractivity contribution in [3.63, 3.8) is 0 Å². The highest BCUT2D eigenvalue weighted by Gasteiger charge is 2.28. The Morgan fingerprint density at radius 2 is 1.89 bits per heavy atom. The lowest BCUT2D eigenvalue weighted by molar-refractivity contribution is -0.126. The molecule has 0 aliphatic carbocycles. The molecule has 5 heteroatoms. The molecule has 0 saturated carbocycles. The topological polar surface area (TPSA) is 45.2 Å². The molecule has 28 heavy (non-hydrogen) atoms. The Bertz CT molecular complexity index is 909. The van der Waals surface area contributed by atoms with E-state index in [1.54, 1.807) is 0 Å². The number of amides is 1. The van der Waals surface area contributed by atoms with Crippen LogP contribution in [0.2, 0.25) is 0 Å². The van der Waals surface area contributed by atoms with Crippen LogP contribution in [0.5, 0.6) is 0 Å². The normalized spacial score (nSPS) is 16.9. The molecule has 4 nitrogen and oxygen atoms in total. The van der Waals surface area contributed by atoms with Crippen molar-refractivity contribution in [2.45, 2.75) is 45.2 Å². The molecular weight excluding hydrogens is 366 g/mol. The van der Waals surface area contributed by atoms with Gasteiger partial charge in [0.15, 0.2) is 0 Å². The zero-order chi connectivity index (χ0) is 19.5. The molecule has 1 atom stereocenters. The highest BCUT2D eigenvalue weighted by molar-refractivity contribution is 7.18. The predicted molar refractivity (Wildman–Crippen MR) is 116 cm³/mol. The van der Waals surface area contributed by atoms with Gasteiger partial charge in [0.25, 0.3) is 0 Å². The van der Waals surface area contributed by atoms with Gasteiger partial charge < -0.3 is 5.32 Å². The minimum atomic E-state index is -0.0956. The Balaban J connectivity index is 1.29. The molecule has 0 bridgehead atoms. The molecule has 0 radical (unpaired) electrons. The summed E-state index contributed by atoms with van der Waals surface area (Å²) < 4.78 is 1.27. The zero-order valence-electron chi connectivity index (χ0n) is 16.5. The third-order valence-corrected chi connectivity index (χ3v) is 6.90. The molecule has 1 fully saturated rings. The number of nitrogens with zero attached hydrogens (tertiary/aromatic N) is 2. The predicted octanol–water partition coefficient (Wildman–Crippen LogP) is 4.49. The molecule has 1 saturated heterocycles. The van der Waals surface area contributed by atoms with E-state index in [2.05, 4.69) is 59.6 Å². The molecule has 3 aromatic rings. The standard InChI is InChI=1S/C23H27N3OS/c1-16-7-9-18(10-8-16)15-24-22(27)17(2)26-13-11-19(12-14-26)23-25-20-5-3-4-6-21(20)28-23/h3-10,17,19H,11-15H2,1-2H3,(H,24,27)/t17-/m1/s1. The molecule has 2 heterocycles. The molecule has 1 aliphatic rings. The first kappa shape index (κ1) is 19.1. The second kappa shape index (κ2) is 8.41. The van der Waals surface area contributed by atoms with E-state index in [4.69, 9.17) is 4.98 Å².